The van der Waals surface area contributed by atoms with Gasteiger partial charge in [0, 0.05) is 11.5 Å². The van der Waals surface area contributed by atoms with Gasteiger partial charge in [-0.15, -0.1) is 0 Å². The van der Waals surface area contributed by atoms with Crippen LogP contribution in [0.25, 0.3) is 11.3 Å². The van der Waals surface area contributed by atoms with Gasteiger partial charge < -0.3 is 9.67 Å². The highest BCUT2D eigenvalue weighted by molar-refractivity contribution is 5.69. The zero-order chi connectivity index (χ0) is 13.2. The predicted octanol–water partition coefficient (Wildman–Crippen LogP) is 2.86. The monoisotopic (exact) mass is 254 g/mol. The second-order valence-electron chi connectivity index (χ2n) is 6.52. The molecule has 3 atom stereocenters. The average Bonchev–Trinajstić information content (AvgIpc) is 2.96. The summed E-state index contributed by atoms with van der Waals surface area (Å²) < 4.78 is 2.23. The van der Waals surface area contributed by atoms with E-state index in [-0.39, 0.29) is 17.6 Å². The number of aliphatic hydroxyl groups excluding tert-OH is 1. The average molecular weight is 254 g/mol. The summed E-state index contributed by atoms with van der Waals surface area (Å²) in [5, 5.41) is 10.5. The summed E-state index contributed by atoms with van der Waals surface area (Å²) >= 11 is 0. The molecule has 0 saturated heterocycles. The lowest BCUT2D eigenvalue weighted by Crippen LogP contribution is -2.51. The van der Waals surface area contributed by atoms with Gasteiger partial charge in [0.1, 0.15) is 0 Å². The third-order valence-corrected chi connectivity index (χ3v) is 4.89. The van der Waals surface area contributed by atoms with Gasteiger partial charge in [-0.25, -0.2) is 4.98 Å². The normalized spacial score (nSPS) is 30.6. The number of hydrogen-bond donors (Lipinski definition) is 1. The van der Waals surface area contributed by atoms with Crippen LogP contribution < -0.4 is 0 Å². The Bertz CT molecular complexity index is 644. The Morgan fingerprint density at radius 1 is 1.32 bits per heavy atom. The highest BCUT2D eigenvalue weighted by Crippen LogP contribution is 2.55. The minimum absolute atomic E-state index is 0.0446. The van der Waals surface area contributed by atoms with E-state index in [2.05, 4.69) is 47.7 Å². The van der Waals surface area contributed by atoms with Crippen LogP contribution in [0.5, 0.6) is 0 Å². The Hall–Kier alpha value is -1.61. The topological polar surface area (TPSA) is 38.0 Å². The van der Waals surface area contributed by atoms with Crippen molar-refractivity contribution in [2.24, 2.45) is 11.3 Å². The van der Waals surface area contributed by atoms with E-state index in [4.69, 9.17) is 0 Å². The van der Waals surface area contributed by atoms with Crippen LogP contribution in [0.15, 0.2) is 36.8 Å². The van der Waals surface area contributed by atoms with Crippen molar-refractivity contribution in [3.8, 4) is 11.3 Å². The number of rotatable bonds is 1. The van der Waals surface area contributed by atoms with Gasteiger partial charge in [0.15, 0.2) is 0 Å². The highest BCUT2D eigenvalue weighted by Gasteiger charge is 2.52. The van der Waals surface area contributed by atoms with Crippen molar-refractivity contribution in [3.63, 3.8) is 0 Å². The standard InChI is InChI=1S/C16H18N2O/c1-16(2)7-12(15(16)19)14-11-6-4-3-5-10(11)13-8-17-9-18(13)14/h3-6,8-9,12,14-15,19H,7H2,1-2H3/t12-,14-,15-/m1/s1. The van der Waals surface area contributed by atoms with Gasteiger partial charge in [-0.05, 0) is 17.4 Å². The third kappa shape index (κ3) is 1.34. The van der Waals surface area contributed by atoms with Crippen molar-refractivity contribution < 1.29 is 5.11 Å². The van der Waals surface area contributed by atoms with Gasteiger partial charge in [-0.2, -0.15) is 0 Å². The number of fused-ring (bicyclic) bond motifs is 3. The van der Waals surface area contributed by atoms with Gasteiger partial charge in [-0.1, -0.05) is 38.1 Å². The van der Waals surface area contributed by atoms with E-state index in [9.17, 15) is 5.11 Å². The molecule has 1 N–H and O–H groups in total. The Labute approximate surface area is 112 Å². The lowest BCUT2D eigenvalue weighted by atomic mass is 9.58. The van der Waals surface area contributed by atoms with Crippen molar-refractivity contribution in [1.29, 1.82) is 0 Å². The van der Waals surface area contributed by atoms with Crippen molar-refractivity contribution in [3.05, 3.63) is 42.4 Å². The number of benzene rings is 1. The first-order valence-corrected chi connectivity index (χ1v) is 6.89. The van der Waals surface area contributed by atoms with E-state index in [1.54, 1.807) is 0 Å². The Balaban J connectivity index is 1.82. The lowest BCUT2D eigenvalue weighted by molar-refractivity contribution is -0.112. The van der Waals surface area contributed by atoms with Gasteiger partial charge in [0.05, 0.1) is 30.4 Å². The zero-order valence-corrected chi connectivity index (χ0v) is 11.2. The van der Waals surface area contributed by atoms with Crippen molar-refractivity contribution in [2.75, 3.05) is 0 Å². The van der Waals surface area contributed by atoms with Gasteiger partial charge in [0.25, 0.3) is 0 Å². The molecule has 0 radical (unpaired) electrons. The number of aromatic nitrogens is 2. The van der Waals surface area contributed by atoms with Crippen LogP contribution in [0, 0.1) is 11.3 Å². The number of imidazole rings is 1. The molecule has 4 rings (SSSR count). The maximum atomic E-state index is 10.5. The van der Waals surface area contributed by atoms with Crippen molar-refractivity contribution in [1.82, 2.24) is 9.55 Å². The van der Waals surface area contributed by atoms with E-state index < -0.39 is 0 Å². The molecular formula is C16H18N2O. The largest absolute Gasteiger partial charge is 0.392 e. The molecule has 1 aliphatic carbocycles. The van der Waals surface area contributed by atoms with Crippen LogP contribution in [0.1, 0.15) is 31.9 Å². The number of hydrogen-bond acceptors (Lipinski definition) is 2. The summed E-state index contributed by atoms with van der Waals surface area (Å²) in [5.41, 5.74) is 3.82. The molecule has 1 aliphatic heterocycles. The molecule has 1 aromatic carbocycles. The molecule has 0 bridgehead atoms. The fraction of sp³-hybridized carbons (Fsp3) is 0.438. The van der Waals surface area contributed by atoms with E-state index >= 15 is 0 Å². The molecule has 3 heteroatoms. The molecule has 1 fully saturated rings. The molecule has 19 heavy (non-hydrogen) atoms. The predicted molar refractivity (Wildman–Crippen MR) is 73.7 cm³/mol. The molecule has 2 aliphatic rings. The number of nitrogens with zero attached hydrogens (tertiary/aromatic N) is 2. The summed E-state index contributed by atoms with van der Waals surface area (Å²) in [7, 11) is 0. The van der Waals surface area contributed by atoms with Gasteiger partial charge in [-0.3, -0.25) is 0 Å². The fourth-order valence-corrected chi connectivity index (χ4v) is 3.85. The fourth-order valence-electron chi connectivity index (χ4n) is 3.85. The Kier molecular flexibility index (Phi) is 2.06. The van der Waals surface area contributed by atoms with Gasteiger partial charge in [0.2, 0.25) is 0 Å². The molecule has 0 amide bonds. The van der Waals surface area contributed by atoms with Crippen LogP contribution >= 0.6 is 0 Å². The first kappa shape index (κ1) is 11.2. The first-order valence-electron chi connectivity index (χ1n) is 6.89. The molecule has 1 aromatic heterocycles. The molecule has 1 saturated carbocycles. The summed E-state index contributed by atoms with van der Waals surface area (Å²) in [4.78, 5) is 4.28. The molecular weight excluding hydrogens is 236 g/mol. The van der Waals surface area contributed by atoms with E-state index in [1.165, 1.54) is 16.8 Å². The van der Waals surface area contributed by atoms with Crippen LogP contribution in [0.2, 0.25) is 0 Å². The van der Waals surface area contributed by atoms with Crippen LogP contribution in [-0.2, 0) is 0 Å². The molecule has 0 unspecified atom stereocenters. The maximum absolute atomic E-state index is 10.5. The zero-order valence-electron chi connectivity index (χ0n) is 11.2. The first-order chi connectivity index (χ1) is 9.09. The van der Waals surface area contributed by atoms with Crippen LogP contribution in [0.4, 0.5) is 0 Å². The van der Waals surface area contributed by atoms with Crippen LogP contribution in [0.3, 0.4) is 0 Å². The van der Waals surface area contributed by atoms with E-state index in [0.717, 1.165) is 6.42 Å². The molecule has 3 nitrogen and oxygen atoms in total. The summed E-state index contributed by atoms with van der Waals surface area (Å²) in [6.07, 6.45) is 4.65. The Morgan fingerprint density at radius 3 is 2.84 bits per heavy atom. The van der Waals surface area contributed by atoms with Crippen molar-refractivity contribution in [2.45, 2.75) is 32.4 Å². The number of aliphatic hydroxyl groups is 1. The minimum Gasteiger partial charge on any atom is -0.392 e. The highest BCUT2D eigenvalue weighted by atomic mass is 16.3. The van der Waals surface area contributed by atoms with Crippen LogP contribution in [-0.4, -0.2) is 20.8 Å². The summed E-state index contributed by atoms with van der Waals surface area (Å²) in [6.45, 7) is 4.29. The molecule has 2 aromatic rings. The second kappa shape index (κ2) is 3.48. The SMILES string of the molecule is CC1(C)C[C@H]([C@H]2c3ccccc3-c3cncn32)[C@H]1O. The molecule has 2 heterocycles. The molecule has 0 spiro atoms. The maximum Gasteiger partial charge on any atom is 0.0956 e. The lowest BCUT2D eigenvalue weighted by Gasteiger charge is -2.51. The quantitative estimate of drug-likeness (QED) is 0.849. The Morgan fingerprint density at radius 2 is 2.11 bits per heavy atom. The molecule has 98 valence electrons. The summed E-state index contributed by atoms with van der Waals surface area (Å²) in [5.74, 6) is 0.298. The van der Waals surface area contributed by atoms with E-state index in [1.807, 2.05) is 12.5 Å². The van der Waals surface area contributed by atoms with Crippen molar-refractivity contribution >= 4 is 0 Å². The smallest absolute Gasteiger partial charge is 0.0956 e. The summed E-state index contributed by atoms with van der Waals surface area (Å²) in [6, 6.07) is 8.74. The minimum atomic E-state index is -0.237. The van der Waals surface area contributed by atoms with Gasteiger partial charge >= 0.3 is 0 Å². The van der Waals surface area contributed by atoms with E-state index in [0.29, 0.717) is 5.92 Å². The third-order valence-electron chi connectivity index (χ3n) is 4.89. The second-order valence-corrected chi connectivity index (χ2v) is 6.52.